The Morgan fingerprint density at radius 2 is 2.00 bits per heavy atom. The SMILES string of the molecule is CC1CCCC(C(O)CCC2CC2)C1. The van der Waals surface area contributed by atoms with Gasteiger partial charge in [-0.05, 0) is 43.4 Å². The average molecular weight is 196 g/mol. The molecule has 14 heavy (non-hydrogen) atoms. The van der Waals surface area contributed by atoms with Crippen LogP contribution in [-0.2, 0) is 0 Å². The first-order chi connectivity index (χ1) is 6.75. The monoisotopic (exact) mass is 196 g/mol. The van der Waals surface area contributed by atoms with E-state index in [4.69, 9.17) is 0 Å². The molecule has 0 aliphatic heterocycles. The summed E-state index contributed by atoms with van der Waals surface area (Å²) in [4.78, 5) is 0. The predicted octanol–water partition coefficient (Wildman–Crippen LogP) is 3.36. The zero-order valence-electron chi connectivity index (χ0n) is 9.41. The lowest BCUT2D eigenvalue weighted by Gasteiger charge is -2.30. The van der Waals surface area contributed by atoms with Gasteiger partial charge in [-0.25, -0.2) is 0 Å². The van der Waals surface area contributed by atoms with Gasteiger partial charge in [-0.1, -0.05) is 32.6 Å². The summed E-state index contributed by atoms with van der Waals surface area (Å²) in [5.74, 6) is 2.45. The molecule has 0 saturated heterocycles. The second-order valence-electron chi connectivity index (χ2n) is 5.62. The minimum absolute atomic E-state index is 0.0124. The lowest BCUT2D eigenvalue weighted by atomic mass is 9.78. The summed E-state index contributed by atoms with van der Waals surface area (Å²) in [5, 5.41) is 10.1. The minimum atomic E-state index is 0.0124. The van der Waals surface area contributed by atoms with Crippen molar-refractivity contribution in [3.05, 3.63) is 0 Å². The van der Waals surface area contributed by atoms with Crippen LogP contribution < -0.4 is 0 Å². The molecule has 3 unspecified atom stereocenters. The largest absolute Gasteiger partial charge is 0.393 e. The van der Waals surface area contributed by atoms with Gasteiger partial charge in [0.2, 0.25) is 0 Å². The summed E-state index contributed by atoms with van der Waals surface area (Å²) in [5.41, 5.74) is 0. The van der Waals surface area contributed by atoms with E-state index in [1.165, 1.54) is 44.9 Å². The summed E-state index contributed by atoms with van der Waals surface area (Å²) in [7, 11) is 0. The molecule has 1 N–H and O–H groups in total. The third kappa shape index (κ3) is 2.98. The first-order valence-electron chi connectivity index (χ1n) is 6.43. The summed E-state index contributed by atoms with van der Waals surface area (Å²) in [6.07, 6.45) is 10.5. The molecule has 2 aliphatic carbocycles. The Morgan fingerprint density at radius 1 is 1.21 bits per heavy atom. The highest BCUT2D eigenvalue weighted by Gasteiger charge is 2.27. The van der Waals surface area contributed by atoms with Crippen LogP contribution in [0.3, 0.4) is 0 Å². The molecule has 1 heteroatoms. The van der Waals surface area contributed by atoms with Crippen LogP contribution in [0.5, 0.6) is 0 Å². The number of aliphatic hydroxyl groups excluding tert-OH is 1. The Hall–Kier alpha value is -0.0400. The maximum absolute atomic E-state index is 10.1. The summed E-state index contributed by atoms with van der Waals surface area (Å²) in [6.45, 7) is 2.33. The Balaban J connectivity index is 1.68. The molecule has 0 bridgehead atoms. The fourth-order valence-electron chi connectivity index (χ4n) is 2.88. The van der Waals surface area contributed by atoms with Crippen molar-refractivity contribution in [2.75, 3.05) is 0 Å². The average Bonchev–Trinajstić information content (AvgIpc) is 2.97. The van der Waals surface area contributed by atoms with Crippen LogP contribution in [0.4, 0.5) is 0 Å². The van der Waals surface area contributed by atoms with Crippen molar-refractivity contribution in [3.63, 3.8) is 0 Å². The zero-order chi connectivity index (χ0) is 9.97. The van der Waals surface area contributed by atoms with Crippen LogP contribution in [0.1, 0.15) is 58.3 Å². The highest BCUT2D eigenvalue weighted by Crippen LogP contribution is 2.37. The Labute approximate surface area is 87.9 Å². The van der Waals surface area contributed by atoms with Gasteiger partial charge >= 0.3 is 0 Å². The molecule has 0 aromatic carbocycles. The molecule has 0 aromatic rings. The van der Waals surface area contributed by atoms with Crippen molar-refractivity contribution in [1.82, 2.24) is 0 Å². The Morgan fingerprint density at radius 3 is 2.64 bits per heavy atom. The molecule has 0 radical (unpaired) electrons. The molecule has 2 saturated carbocycles. The van der Waals surface area contributed by atoms with Crippen LogP contribution in [0.15, 0.2) is 0 Å². The predicted molar refractivity (Wildman–Crippen MR) is 59.1 cm³/mol. The topological polar surface area (TPSA) is 20.2 Å². The molecule has 0 heterocycles. The van der Waals surface area contributed by atoms with Crippen molar-refractivity contribution in [3.8, 4) is 0 Å². The van der Waals surface area contributed by atoms with Crippen molar-refractivity contribution >= 4 is 0 Å². The van der Waals surface area contributed by atoms with Gasteiger partial charge in [0.05, 0.1) is 6.10 Å². The number of aliphatic hydroxyl groups is 1. The quantitative estimate of drug-likeness (QED) is 0.731. The maximum Gasteiger partial charge on any atom is 0.0568 e. The van der Waals surface area contributed by atoms with E-state index in [0.29, 0.717) is 5.92 Å². The molecule has 2 fully saturated rings. The second-order valence-corrected chi connectivity index (χ2v) is 5.62. The van der Waals surface area contributed by atoms with Gasteiger partial charge in [0, 0.05) is 0 Å². The fourth-order valence-corrected chi connectivity index (χ4v) is 2.88. The molecule has 0 aromatic heterocycles. The van der Waals surface area contributed by atoms with Crippen LogP contribution in [-0.4, -0.2) is 11.2 Å². The third-order valence-corrected chi connectivity index (χ3v) is 4.09. The zero-order valence-corrected chi connectivity index (χ0v) is 9.41. The lowest BCUT2D eigenvalue weighted by molar-refractivity contribution is 0.0620. The van der Waals surface area contributed by atoms with Crippen LogP contribution in [0, 0.1) is 17.8 Å². The molecular weight excluding hydrogens is 172 g/mol. The summed E-state index contributed by atoms with van der Waals surface area (Å²) < 4.78 is 0. The van der Waals surface area contributed by atoms with Crippen LogP contribution in [0.2, 0.25) is 0 Å². The smallest absolute Gasteiger partial charge is 0.0568 e. The minimum Gasteiger partial charge on any atom is -0.393 e. The van der Waals surface area contributed by atoms with E-state index < -0.39 is 0 Å². The van der Waals surface area contributed by atoms with Crippen molar-refractivity contribution in [1.29, 1.82) is 0 Å². The second kappa shape index (κ2) is 4.65. The number of hydrogen-bond donors (Lipinski definition) is 1. The fraction of sp³-hybridized carbons (Fsp3) is 1.00. The normalized spacial score (nSPS) is 35.6. The van der Waals surface area contributed by atoms with E-state index in [1.54, 1.807) is 0 Å². The number of rotatable bonds is 4. The van der Waals surface area contributed by atoms with Gasteiger partial charge in [-0.2, -0.15) is 0 Å². The molecule has 2 aliphatic rings. The van der Waals surface area contributed by atoms with Gasteiger partial charge in [-0.15, -0.1) is 0 Å². The Kier molecular flexibility index (Phi) is 3.48. The van der Waals surface area contributed by atoms with Crippen molar-refractivity contribution in [2.45, 2.75) is 64.4 Å². The summed E-state index contributed by atoms with van der Waals surface area (Å²) in [6, 6.07) is 0. The highest BCUT2D eigenvalue weighted by atomic mass is 16.3. The van der Waals surface area contributed by atoms with Crippen molar-refractivity contribution in [2.24, 2.45) is 17.8 Å². The van der Waals surface area contributed by atoms with E-state index in [-0.39, 0.29) is 6.10 Å². The lowest BCUT2D eigenvalue weighted by Crippen LogP contribution is -2.25. The highest BCUT2D eigenvalue weighted by molar-refractivity contribution is 4.79. The van der Waals surface area contributed by atoms with Crippen molar-refractivity contribution < 1.29 is 5.11 Å². The molecule has 0 spiro atoms. The first kappa shape index (κ1) is 10.5. The van der Waals surface area contributed by atoms with Gasteiger partial charge < -0.3 is 5.11 Å². The van der Waals surface area contributed by atoms with Gasteiger partial charge in [0.1, 0.15) is 0 Å². The van der Waals surface area contributed by atoms with Crippen LogP contribution in [0.25, 0.3) is 0 Å². The molecule has 3 atom stereocenters. The van der Waals surface area contributed by atoms with Crippen LogP contribution >= 0.6 is 0 Å². The summed E-state index contributed by atoms with van der Waals surface area (Å²) >= 11 is 0. The maximum atomic E-state index is 10.1. The Bertz CT molecular complexity index is 174. The first-order valence-corrected chi connectivity index (χ1v) is 6.43. The van der Waals surface area contributed by atoms with E-state index in [0.717, 1.165) is 18.3 Å². The molecule has 82 valence electrons. The van der Waals surface area contributed by atoms with E-state index in [9.17, 15) is 5.11 Å². The van der Waals surface area contributed by atoms with E-state index in [1.807, 2.05) is 0 Å². The molecule has 1 nitrogen and oxygen atoms in total. The molecular formula is C13H24O. The standard InChI is InChI=1S/C13H24O/c1-10-3-2-4-12(9-10)13(14)8-7-11-5-6-11/h10-14H,2-9H2,1H3. The molecule has 2 rings (SSSR count). The van der Waals surface area contributed by atoms with Gasteiger partial charge in [-0.3, -0.25) is 0 Å². The van der Waals surface area contributed by atoms with Gasteiger partial charge in [0.15, 0.2) is 0 Å². The third-order valence-electron chi connectivity index (χ3n) is 4.09. The van der Waals surface area contributed by atoms with E-state index >= 15 is 0 Å². The van der Waals surface area contributed by atoms with Gasteiger partial charge in [0.25, 0.3) is 0 Å². The van der Waals surface area contributed by atoms with E-state index in [2.05, 4.69) is 6.92 Å². The number of hydrogen-bond acceptors (Lipinski definition) is 1. The molecule has 0 amide bonds.